The summed E-state index contributed by atoms with van der Waals surface area (Å²) in [6, 6.07) is 10.9. The van der Waals surface area contributed by atoms with Crippen molar-refractivity contribution in [3.05, 3.63) is 52.7 Å². The number of nitrogens with zero attached hydrogens (tertiary/aromatic N) is 7. The minimum absolute atomic E-state index is 0.00387. The van der Waals surface area contributed by atoms with E-state index in [1.54, 1.807) is 0 Å². The maximum atomic E-state index is 15.1. The smallest absolute Gasteiger partial charge is 0.245 e. The molecule has 4 fully saturated rings. The monoisotopic (exact) mass is 705 g/mol. The molecule has 50 heavy (non-hydrogen) atoms. The summed E-state index contributed by atoms with van der Waals surface area (Å²) in [5, 5.41) is 9.41. The molecule has 3 amide bonds. The number of halogens is 1. The zero-order valence-corrected chi connectivity index (χ0v) is 31.8. The Kier molecular flexibility index (Phi) is 10.5. The predicted octanol–water partition coefficient (Wildman–Crippen LogP) is 5.25. The number of likely N-dealkylation sites (tertiary alicyclic amines) is 1. The Hall–Kier alpha value is -3.24. The summed E-state index contributed by atoms with van der Waals surface area (Å²) in [6.45, 7) is 16.8. The van der Waals surface area contributed by atoms with E-state index in [1.807, 2.05) is 73.9 Å². The third kappa shape index (κ3) is 7.81. The molecule has 1 aliphatic carbocycles. The van der Waals surface area contributed by atoms with Gasteiger partial charge in [-0.15, -0.1) is 5.10 Å². The van der Waals surface area contributed by atoms with Crippen LogP contribution in [0.15, 0.2) is 36.4 Å². The molecule has 3 saturated heterocycles. The summed E-state index contributed by atoms with van der Waals surface area (Å²) in [5.74, 6) is 0.268. The van der Waals surface area contributed by atoms with Crippen molar-refractivity contribution >= 4 is 35.1 Å². The molecular weight excluding hydrogens is 650 g/mol. The Morgan fingerprint density at radius 3 is 2.12 bits per heavy atom. The number of piperazine rings is 1. The van der Waals surface area contributed by atoms with E-state index in [9.17, 15) is 9.59 Å². The van der Waals surface area contributed by atoms with Crippen molar-refractivity contribution in [2.45, 2.75) is 97.7 Å². The Bertz CT molecular complexity index is 1520. The molecule has 4 aliphatic rings. The van der Waals surface area contributed by atoms with Crippen molar-refractivity contribution in [1.82, 2.24) is 29.8 Å². The van der Waals surface area contributed by atoms with Gasteiger partial charge in [-0.05, 0) is 81.3 Å². The molecule has 2 unspecified atom stereocenters. The van der Waals surface area contributed by atoms with E-state index in [0.717, 1.165) is 55.8 Å². The van der Waals surface area contributed by atoms with Crippen LogP contribution in [0.4, 0.5) is 5.82 Å². The number of likely N-dealkylation sites (N-methyl/N-ethyl adjacent to an activating group) is 1. The zero-order valence-electron chi connectivity index (χ0n) is 31.1. The molecule has 11 heteroatoms. The van der Waals surface area contributed by atoms with Crippen molar-refractivity contribution in [1.29, 1.82) is 0 Å². The van der Waals surface area contributed by atoms with Crippen molar-refractivity contribution in [2.75, 3.05) is 57.8 Å². The summed E-state index contributed by atoms with van der Waals surface area (Å²) in [4.78, 5) is 54.3. The molecule has 0 spiro atoms. The lowest BCUT2D eigenvalue weighted by Gasteiger charge is -2.45. The van der Waals surface area contributed by atoms with Crippen molar-refractivity contribution < 1.29 is 14.4 Å². The van der Waals surface area contributed by atoms with E-state index >= 15 is 4.79 Å². The number of carbonyl (C=O) groups is 3. The van der Waals surface area contributed by atoms with Gasteiger partial charge in [-0.3, -0.25) is 14.4 Å². The topological polar surface area (TPSA) is 93.2 Å². The number of benzene rings is 1. The molecule has 10 nitrogen and oxygen atoms in total. The summed E-state index contributed by atoms with van der Waals surface area (Å²) in [7, 11) is 2.08. The minimum atomic E-state index is -0.620. The number of hydrogen-bond donors (Lipinski definition) is 0. The maximum absolute atomic E-state index is 15.1. The standard InChI is InChI=1S/C39H56ClN7O3/c1-26-8-13-34(42-41-26)45-24-31(27-9-11-28(40)12-10-27)32(25-45)35(48)46-23-30(22-33(46)36(49)44-20-18-43(7)19-21-44)47(37(50)38(2,3)4)29-14-16-39(5,6)17-15-29/h8-13,29-33H,14-25H2,1-7H3/t30?,31-,32+,33?/m0/s1. The minimum Gasteiger partial charge on any atom is -0.354 e. The van der Waals surface area contributed by atoms with Gasteiger partial charge in [0.25, 0.3) is 0 Å². The molecule has 1 aromatic carbocycles. The summed E-state index contributed by atoms with van der Waals surface area (Å²) in [5.41, 5.74) is 1.53. The fourth-order valence-corrected chi connectivity index (χ4v) is 8.60. The van der Waals surface area contributed by atoms with Crippen LogP contribution in [0.3, 0.4) is 0 Å². The van der Waals surface area contributed by atoms with E-state index in [-0.39, 0.29) is 41.1 Å². The third-order valence-electron chi connectivity index (χ3n) is 11.7. The van der Waals surface area contributed by atoms with Crippen LogP contribution in [-0.4, -0.2) is 119 Å². The van der Waals surface area contributed by atoms with Crippen molar-refractivity contribution in [2.24, 2.45) is 16.7 Å². The number of carbonyl (C=O) groups excluding carboxylic acids is 3. The van der Waals surface area contributed by atoms with Crippen molar-refractivity contribution in [3.63, 3.8) is 0 Å². The SMILES string of the molecule is Cc1ccc(N2C[C@@H](C(=O)N3CC(N(C(=O)C(C)(C)C)C4CCC(C)(C)CC4)CC3C(=O)N3CCN(C)CC3)[C@H](c3ccc(Cl)cc3)C2)nn1. The molecule has 6 rings (SSSR count). The summed E-state index contributed by atoms with van der Waals surface area (Å²) >= 11 is 6.30. The first kappa shape index (κ1) is 36.5. The Balaban J connectivity index is 1.35. The number of amides is 3. The van der Waals surface area contributed by atoms with Gasteiger partial charge in [-0.1, -0.05) is 58.4 Å². The maximum Gasteiger partial charge on any atom is 0.245 e. The van der Waals surface area contributed by atoms with Gasteiger partial charge in [-0.25, -0.2) is 0 Å². The largest absolute Gasteiger partial charge is 0.354 e. The fraction of sp³-hybridized carbons (Fsp3) is 0.667. The van der Waals surface area contributed by atoms with Crippen LogP contribution in [0.5, 0.6) is 0 Å². The average Bonchev–Trinajstić information content (AvgIpc) is 3.72. The van der Waals surface area contributed by atoms with Gasteiger partial charge < -0.3 is 24.5 Å². The molecule has 272 valence electrons. The van der Waals surface area contributed by atoms with Gasteiger partial charge in [0.1, 0.15) is 6.04 Å². The molecule has 4 heterocycles. The lowest BCUT2D eigenvalue weighted by atomic mass is 9.74. The van der Waals surface area contributed by atoms with Crippen LogP contribution < -0.4 is 4.90 Å². The van der Waals surface area contributed by atoms with E-state index in [4.69, 9.17) is 11.6 Å². The fourth-order valence-electron chi connectivity index (χ4n) is 8.47. The lowest BCUT2D eigenvalue weighted by molar-refractivity contribution is -0.147. The Morgan fingerprint density at radius 1 is 0.860 bits per heavy atom. The molecule has 2 aromatic rings. The highest BCUT2D eigenvalue weighted by molar-refractivity contribution is 6.30. The van der Waals surface area contributed by atoms with Crippen molar-refractivity contribution in [3.8, 4) is 0 Å². The van der Waals surface area contributed by atoms with Gasteiger partial charge in [0.05, 0.1) is 17.7 Å². The van der Waals surface area contributed by atoms with Crippen LogP contribution in [0, 0.1) is 23.7 Å². The summed E-state index contributed by atoms with van der Waals surface area (Å²) < 4.78 is 0. The van der Waals surface area contributed by atoms with Gasteiger partial charge in [0.15, 0.2) is 5.82 Å². The molecule has 4 atom stereocenters. The first-order chi connectivity index (χ1) is 23.6. The highest BCUT2D eigenvalue weighted by Crippen LogP contribution is 2.42. The zero-order chi connectivity index (χ0) is 36.0. The van der Waals surface area contributed by atoms with Gasteiger partial charge in [0, 0.05) is 68.2 Å². The Morgan fingerprint density at radius 2 is 1.52 bits per heavy atom. The Labute approximate surface area is 303 Å². The highest BCUT2D eigenvalue weighted by Gasteiger charge is 2.51. The second-order valence-corrected chi connectivity index (χ2v) is 17.5. The van der Waals surface area contributed by atoms with Gasteiger partial charge in [0.2, 0.25) is 17.7 Å². The average molecular weight is 706 g/mol. The predicted molar refractivity (Wildman–Crippen MR) is 197 cm³/mol. The molecular formula is C39H56ClN7O3. The summed E-state index contributed by atoms with van der Waals surface area (Å²) in [6.07, 6.45) is 4.43. The first-order valence-corrected chi connectivity index (χ1v) is 18.9. The number of anilines is 1. The number of aromatic nitrogens is 2. The van der Waals surface area contributed by atoms with E-state index in [1.165, 1.54) is 0 Å². The van der Waals surface area contributed by atoms with Gasteiger partial charge in [-0.2, -0.15) is 5.10 Å². The molecule has 1 aromatic heterocycles. The van der Waals surface area contributed by atoms with Crippen LogP contribution in [0.1, 0.15) is 83.9 Å². The van der Waals surface area contributed by atoms with Crippen LogP contribution in [0.2, 0.25) is 5.02 Å². The molecule has 3 aliphatic heterocycles. The van der Waals surface area contributed by atoms with Gasteiger partial charge >= 0.3 is 0 Å². The van der Waals surface area contributed by atoms with Crippen LogP contribution >= 0.6 is 11.6 Å². The van der Waals surface area contributed by atoms with E-state index < -0.39 is 17.4 Å². The van der Waals surface area contributed by atoms with E-state index in [0.29, 0.717) is 44.2 Å². The lowest BCUT2D eigenvalue weighted by Crippen LogP contribution is -2.54. The first-order valence-electron chi connectivity index (χ1n) is 18.5. The second kappa shape index (κ2) is 14.4. The van der Waals surface area contributed by atoms with Crippen LogP contribution in [0.25, 0.3) is 0 Å². The highest BCUT2D eigenvalue weighted by atomic mass is 35.5. The molecule has 1 saturated carbocycles. The quantitative estimate of drug-likeness (QED) is 0.406. The normalized spacial score (nSPS) is 26.4. The number of rotatable bonds is 6. The van der Waals surface area contributed by atoms with E-state index in [2.05, 4.69) is 45.8 Å². The molecule has 0 radical (unpaired) electrons. The molecule has 0 bridgehead atoms. The third-order valence-corrected chi connectivity index (χ3v) is 11.9. The second-order valence-electron chi connectivity index (χ2n) is 17.1. The number of hydrogen-bond acceptors (Lipinski definition) is 7. The number of aryl methyl sites for hydroxylation is 1. The van der Waals surface area contributed by atoms with Crippen LogP contribution in [-0.2, 0) is 14.4 Å². The molecule has 0 N–H and O–H groups in total.